The van der Waals surface area contributed by atoms with Crippen molar-refractivity contribution in [1.29, 1.82) is 0 Å². The average molecular weight is 376 g/mol. The summed E-state index contributed by atoms with van der Waals surface area (Å²) in [5.41, 5.74) is 2.39. The van der Waals surface area contributed by atoms with Crippen LogP contribution in [0, 0.1) is 0 Å². The summed E-state index contributed by atoms with van der Waals surface area (Å²) in [6.07, 6.45) is 4.53. The number of aliphatic hydroxyl groups excluding tert-OH is 1. The Hall–Kier alpha value is -1.63. The Bertz CT molecular complexity index is 660. The van der Waals surface area contributed by atoms with Gasteiger partial charge in [-0.15, -0.1) is 0 Å². The minimum atomic E-state index is -0.730. The van der Waals surface area contributed by atoms with Gasteiger partial charge in [-0.05, 0) is 37.3 Å². The van der Waals surface area contributed by atoms with E-state index >= 15 is 0 Å². The molecule has 0 aromatic heterocycles. The van der Waals surface area contributed by atoms with Crippen molar-refractivity contribution in [1.82, 2.24) is 10.6 Å². The molecule has 1 aliphatic carbocycles. The molecule has 1 amide bonds. The summed E-state index contributed by atoms with van der Waals surface area (Å²) in [5.74, 6) is 0.786. The van der Waals surface area contributed by atoms with Crippen molar-refractivity contribution in [2.75, 3.05) is 20.3 Å². The number of fused-ring (bicyclic) bond motifs is 1. The van der Waals surface area contributed by atoms with Crippen LogP contribution >= 0.6 is 0 Å². The Morgan fingerprint density at radius 2 is 2.22 bits per heavy atom. The molecule has 0 saturated heterocycles. The maximum atomic E-state index is 11.4. The molecule has 6 heteroatoms. The first-order valence-corrected chi connectivity index (χ1v) is 9.95. The summed E-state index contributed by atoms with van der Waals surface area (Å²) in [5, 5.41) is 16.9. The van der Waals surface area contributed by atoms with Crippen LogP contribution in [0.4, 0.5) is 0 Å². The van der Waals surface area contributed by atoms with E-state index in [0.29, 0.717) is 6.54 Å². The first kappa shape index (κ1) is 20.1. The molecule has 0 unspecified atom stereocenters. The molecule has 1 aliphatic heterocycles. The SMILES string of the molecule is CCc1ccc2c(c1)[C@@H](NC[C@@H](O)[C@H](COC)NC(C)=O)CC1(CCC1)O2. The predicted molar refractivity (Wildman–Crippen MR) is 104 cm³/mol. The molecule has 1 fully saturated rings. The number of aryl methyl sites for hydroxylation is 1. The van der Waals surface area contributed by atoms with E-state index in [-0.39, 0.29) is 24.2 Å². The summed E-state index contributed by atoms with van der Waals surface area (Å²) >= 11 is 0. The average Bonchev–Trinajstić information content (AvgIpc) is 2.63. The van der Waals surface area contributed by atoms with Crippen molar-refractivity contribution in [3.05, 3.63) is 29.3 Å². The van der Waals surface area contributed by atoms with Crippen LogP contribution in [0.15, 0.2) is 18.2 Å². The number of nitrogens with one attached hydrogen (secondary N) is 2. The van der Waals surface area contributed by atoms with Crippen molar-refractivity contribution in [2.24, 2.45) is 0 Å². The summed E-state index contributed by atoms with van der Waals surface area (Å²) in [6, 6.07) is 6.14. The normalized spacial score (nSPS) is 22.3. The Kier molecular flexibility index (Phi) is 6.40. The van der Waals surface area contributed by atoms with Crippen LogP contribution in [0.2, 0.25) is 0 Å². The molecule has 3 rings (SSSR count). The largest absolute Gasteiger partial charge is 0.487 e. The number of rotatable bonds is 8. The molecule has 1 aromatic rings. The van der Waals surface area contributed by atoms with Crippen LogP contribution in [0.25, 0.3) is 0 Å². The molecule has 150 valence electrons. The van der Waals surface area contributed by atoms with Crippen LogP contribution in [-0.4, -0.2) is 49.0 Å². The zero-order valence-corrected chi connectivity index (χ0v) is 16.6. The summed E-state index contributed by atoms with van der Waals surface area (Å²) in [4.78, 5) is 11.4. The van der Waals surface area contributed by atoms with Gasteiger partial charge in [0.25, 0.3) is 0 Å². The quantitative estimate of drug-likeness (QED) is 0.647. The van der Waals surface area contributed by atoms with Crippen LogP contribution in [0.5, 0.6) is 5.75 Å². The number of carbonyl (C=O) groups excluding carboxylic acids is 1. The second-order valence-corrected chi connectivity index (χ2v) is 7.86. The van der Waals surface area contributed by atoms with Gasteiger partial charge in [-0.3, -0.25) is 4.79 Å². The molecule has 2 aliphatic rings. The van der Waals surface area contributed by atoms with Crippen LogP contribution < -0.4 is 15.4 Å². The molecule has 27 heavy (non-hydrogen) atoms. The van der Waals surface area contributed by atoms with Crippen LogP contribution in [0.3, 0.4) is 0 Å². The summed E-state index contributed by atoms with van der Waals surface area (Å²) in [7, 11) is 1.57. The van der Waals surface area contributed by atoms with Crippen molar-refractivity contribution >= 4 is 5.91 Å². The Labute approximate surface area is 161 Å². The van der Waals surface area contributed by atoms with Crippen LogP contribution in [-0.2, 0) is 16.0 Å². The predicted octanol–water partition coefficient (Wildman–Crippen LogP) is 2.10. The van der Waals surface area contributed by atoms with Gasteiger partial charge in [-0.1, -0.05) is 19.1 Å². The smallest absolute Gasteiger partial charge is 0.217 e. The van der Waals surface area contributed by atoms with Crippen molar-refractivity contribution in [3.63, 3.8) is 0 Å². The number of hydrogen-bond acceptors (Lipinski definition) is 5. The second kappa shape index (κ2) is 8.59. The van der Waals surface area contributed by atoms with Crippen molar-refractivity contribution < 1.29 is 19.4 Å². The van der Waals surface area contributed by atoms with E-state index in [9.17, 15) is 9.90 Å². The molecular formula is C21H32N2O4. The van der Waals surface area contributed by atoms with Crippen molar-refractivity contribution in [2.45, 2.75) is 69.7 Å². The lowest BCUT2D eigenvalue weighted by Gasteiger charge is -2.48. The van der Waals surface area contributed by atoms with E-state index in [1.165, 1.54) is 24.5 Å². The van der Waals surface area contributed by atoms with E-state index in [1.54, 1.807) is 7.11 Å². The lowest BCUT2D eigenvalue weighted by Crippen LogP contribution is -2.52. The highest BCUT2D eigenvalue weighted by Crippen LogP contribution is 2.49. The molecule has 1 heterocycles. The monoisotopic (exact) mass is 376 g/mol. The highest BCUT2D eigenvalue weighted by atomic mass is 16.5. The summed E-state index contributed by atoms with van der Waals surface area (Å²) < 4.78 is 11.5. The fourth-order valence-electron chi connectivity index (χ4n) is 4.09. The molecule has 0 bridgehead atoms. The standard InChI is InChI=1S/C21H32N2O4/c1-4-15-6-7-20-16(10-15)17(11-21(27-20)8-5-9-21)22-12-19(25)18(13-26-3)23-14(2)24/h6-7,10,17-19,22,25H,4-5,8-9,11-13H2,1-3H3,(H,23,24)/t17-,18-,19+/m0/s1. The molecular weight excluding hydrogens is 344 g/mol. The van der Waals surface area contributed by atoms with E-state index in [2.05, 4.69) is 35.8 Å². The second-order valence-electron chi connectivity index (χ2n) is 7.86. The fourth-order valence-corrected chi connectivity index (χ4v) is 4.09. The Morgan fingerprint density at radius 3 is 2.81 bits per heavy atom. The number of amides is 1. The minimum Gasteiger partial charge on any atom is -0.487 e. The molecule has 1 saturated carbocycles. The van der Waals surface area contributed by atoms with Crippen LogP contribution in [0.1, 0.15) is 56.7 Å². The number of methoxy groups -OCH3 is 1. The topological polar surface area (TPSA) is 79.8 Å². The molecule has 3 atom stereocenters. The molecule has 0 radical (unpaired) electrons. The molecule has 1 spiro atoms. The highest BCUT2D eigenvalue weighted by Gasteiger charge is 2.45. The number of benzene rings is 1. The minimum absolute atomic E-state index is 0.0626. The first-order chi connectivity index (χ1) is 13.0. The lowest BCUT2D eigenvalue weighted by atomic mass is 9.72. The number of ether oxygens (including phenoxy) is 2. The van der Waals surface area contributed by atoms with E-state index in [1.807, 2.05) is 0 Å². The van der Waals surface area contributed by atoms with E-state index in [0.717, 1.165) is 31.4 Å². The van der Waals surface area contributed by atoms with Gasteiger partial charge in [0, 0.05) is 38.6 Å². The fraction of sp³-hybridized carbons (Fsp3) is 0.667. The number of hydrogen-bond donors (Lipinski definition) is 3. The summed E-state index contributed by atoms with van der Waals surface area (Å²) in [6.45, 7) is 4.25. The number of aliphatic hydroxyl groups is 1. The third-order valence-corrected chi connectivity index (χ3v) is 5.80. The molecule has 1 aromatic carbocycles. The van der Waals surface area contributed by atoms with Gasteiger partial charge in [0.15, 0.2) is 0 Å². The zero-order valence-electron chi connectivity index (χ0n) is 16.6. The van der Waals surface area contributed by atoms with Crippen molar-refractivity contribution in [3.8, 4) is 5.75 Å². The first-order valence-electron chi connectivity index (χ1n) is 9.95. The van der Waals surface area contributed by atoms with Gasteiger partial charge in [-0.25, -0.2) is 0 Å². The highest BCUT2D eigenvalue weighted by molar-refractivity contribution is 5.73. The van der Waals surface area contributed by atoms with Gasteiger partial charge in [-0.2, -0.15) is 0 Å². The van der Waals surface area contributed by atoms with Gasteiger partial charge in [0.2, 0.25) is 5.91 Å². The van der Waals surface area contributed by atoms with E-state index < -0.39 is 12.1 Å². The molecule has 6 nitrogen and oxygen atoms in total. The Morgan fingerprint density at radius 1 is 1.44 bits per heavy atom. The lowest BCUT2D eigenvalue weighted by molar-refractivity contribution is -0.121. The maximum Gasteiger partial charge on any atom is 0.217 e. The van der Waals surface area contributed by atoms with Gasteiger partial charge < -0.3 is 25.2 Å². The molecule has 3 N–H and O–H groups in total. The zero-order chi connectivity index (χ0) is 19.4. The number of carbonyl (C=O) groups is 1. The maximum absolute atomic E-state index is 11.4. The van der Waals surface area contributed by atoms with Gasteiger partial charge in [0.05, 0.1) is 18.8 Å². The third kappa shape index (κ3) is 4.62. The van der Waals surface area contributed by atoms with E-state index in [4.69, 9.17) is 9.47 Å². The third-order valence-electron chi connectivity index (χ3n) is 5.80. The van der Waals surface area contributed by atoms with Gasteiger partial charge >= 0.3 is 0 Å². The Balaban J connectivity index is 1.72. The van der Waals surface area contributed by atoms with Gasteiger partial charge in [0.1, 0.15) is 11.4 Å².